The molecule has 0 N–H and O–H groups in total. The van der Waals surface area contributed by atoms with Crippen LogP contribution < -0.4 is 0 Å². The summed E-state index contributed by atoms with van der Waals surface area (Å²) in [5, 5.41) is 8.62. The van der Waals surface area contributed by atoms with E-state index in [4.69, 9.17) is 21.6 Å². The lowest BCUT2D eigenvalue weighted by Gasteiger charge is -2.21. The number of nitrogens with zero attached hydrogens (tertiary/aromatic N) is 1. The second-order valence-electron chi connectivity index (χ2n) is 2.56. The standard InChI is InChI=1S/C7H12ClNO/c1-6(2)7(8,4-9)5-10-3/h6H,5H2,1-3H3. The molecule has 0 saturated heterocycles. The molecule has 58 valence electrons. The van der Waals surface area contributed by atoms with Gasteiger partial charge in [0.1, 0.15) is 0 Å². The predicted molar refractivity (Wildman–Crippen MR) is 40.9 cm³/mol. The number of nitriles is 1. The van der Waals surface area contributed by atoms with Gasteiger partial charge in [-0.05, 0) is 5.92 Å². The largest absolute Gasteiger partial charge is 0.382 e. The fourth-order valence-corrected chi connectivity index (χ4v) is 0.647. The van der Waals surface area contributed by atoms with Crippen molar-refractivity contribution >= 4 is 11.6 Å². The van der Waals surface area contributed by atoms with E-state index in [-0.39, 0.29) is 12.5 Å². The van der Waals surface area contributed by atoms with Crippen LogP contribution in [0, 0.1) is 17.2 Å². The van der Waals surface area contributed by atoms with Gasteiger partial charge in [0.15, 0.2) is 4.87 Å². The Hall–Kier alpha value is -0.260. The summed E-state index contributed by atoms with van der Waals surface area (Å²) in [7, 11) is 1.54. The third-order valence-electron chi connectivity index (χ3n) is 1.46. The van der Waals surface area contributed by atoms with Crippen LogP contribution >= 0.6 is 11.6 Å². The average Bonchev–Trinajstić information content (AvgIpc) is 1.88. The monoisotopic (exact) mass is 161 g/mol. The Kier molecular flexibility index (Phi) is 3.70. The van der Waals surface area contributed by atoms with Gasteiger partial charge in [0, 0.05) is 7.11 Å². The third-order valence-corrected chi connectivity index (χ3v) is 2.09. The van der Waals surface area contributed by atoms with E-state index in [1.165, 1.54) is 7.11 Å². The Balaban J connectivity index is 4.12. The molecule has 0 aliphatic heterocycles. The van der Waals surface area contributed by atoms with Crippen molar-refractivity contribution in [2.45, 2.75) is 18.7 Å². The molecule has 0 spiro atoms. The van der Waals surface area contributed by atoms with Gasteiger partial charge in [-0.2, -0.15) is 5.26 Å². The van der Waals surface area contributed by atoms with Gasteiger partial charge in [-0.1, -0.05) is 25.4 Å². The van der Waals surface area contributed by atoms with E-state index in [2.05, 4.69) is 0 Å². The molecule has 2 nitrogen and oxygen atoms in total. The van der Waals surface area contributed by atoms with E-state index >= 15 is 0 Å². The summed E-state index contributed by atoms with van der Waals surface area (Å²) in [5.74, 6) is 0.110. The highest BCUT2D eigenvalue weighted by Gasteiger charge is 2.30. The molecule has 1 atom stereocenters. The van der Waals surface area contributed by atoms with Crippen molar-refractivity contribution in [3.8, 4) is 6.07 Å². The van der Waals surface area contributed by atoms with E-state index in [1.54, 1.807) is 0 Å². The Bertz CT molecular complexity index is 141. The van der Waals surface area contributed by atoms with Crippen molar-refractivity contribution in [3.05, 3.63) is 0 Å². The molecule has 0 aromatic rings. The van der Waals surface area contributed by atoms with Gasteiger partial charge < -0.3 is 4.74 Å². The first kappa shape index (κ1) is 9.74. The highest BCUT2D eigenvalue weighted by molar-refractivity contribution is 6.26. The summed E-state index contributed by atoms with van der Waals surface area (Å²) in [4.78, 5) is -0.852. The van der Waals surface area contributed by atoms with Crippen LogP contribution in [0.4, 0.5) is 0 Å². The summed E-state index contributed by atoms with van der Waals surface area (Å²) in [6, 6.07) is 2.02. The Labute approximate surface area is 66.7 Å². The van der Waals surface area contributed by atoms with Crippen LogP contribution in [0.3, 0.4) is 0 Å². The third kappa shape index (κ3) is 2.17. The smallest absolute Gasteiger partial charge is 0.156 e. The Morgan fingerprint density at radius 2 is 2.20 bits per heavy atom. The molecule has 0 aromatic carbocycles. The minimum atomic E-state index is -0.852. The summed E-state index contributed by atoms with van der Waals surface area (Å²) in [6.45, 7) is 4.08. The van der Waals surface area contributed by atoms with Crippen LogP contribution in [0.5, 0.6) is 0 Å². The first-order valence-electron chi connectivity index (χ1n) is 3.16. The summed E-state index contributed by atoms with van der Waals surface area (Å²) < 4.78 is 4.80. The van der Waals surface area contributed by atoms with Crippen molar-refractivity contribution in [1.82, 2.24) is 0 Å². The molecule has 0 rings (SSSR count). The first-order valence-corrected chi connectivity index (χ1v) is 3.53. The number of ether oxygens (including phenoxy) is 1. The van der Waals surface area contributed by atoms with Gasteiger partial charge in [0.05, 0.1) is 12.7 Å². The maximum absolute atomic E-state index is 8.62. The average molecular weight is 162 g/mol. The predicted octanol–water partition coefficient (Wildman–Crippen LogP) is 1.79. The highest BCUT2D eigenvalue weighted by Crippen LogP contribution is 2.24. The molecule has 0 amide bonds. The van der Waals surface area contributed by atoms with E-state index in [1.807, 2.05) is 19.9 Å². The van der Waals surface area contributed by atoms with E-state index in [0.717, 1.165) is 0 Å². The molecule has 0 aliphatic rings. The zero-order chi connectivity index (χ0) is 8.20. The van der Waals surface area contributed by atoms with E-state index in [9.17, 15) is 0 Å². The number of alkyl halides is 1. The van der Waals surface area contributed by atoms with Crippen molar-refractivity contribution in [1.29, 1.82) is 5.26 Å². The molecule has 0 saturated carbocycles. The normalized spacial score (nSPS) is 16.4. The SMILES string of the molecule is COCC(Cl)(C#N)C(C)C. The molecule has 1 unspecified atom stereocenters. The fraction of sp³-hybridized carbons (Fsp3) is 0.857. The second-order valence-corrected chi connectivity index (χ2v) is 3.24. The maximum Gasteiger partial charge on any atom is 0.156 e. The molecule has 10 heavy (non-hydrogen) atoms. The molecular formula is C7H12ClNO. The van der Waals surface area contributed by atoms with Crippen LogP contribution in [0.2, 0.25) is 0 Å². The van der Waals surface area contributed by atoms with Crippen molar-refractivity contribution in [2.75, 3.05) is 13.7 Å². The lowest BCUT2D eigenvalue weighted by molar-refractivity contribution is 0.165. The van der Waals surface area contributed by atoms with Crippen molar-refractivity contribution in [3.63, 3.8) is 0 Å². The molecular weight excluding hydrogens is 150 g/mol. The molecule has 0 aromatic heterocycles. The molecule has 0 bridgehead atoms. The van der Waals surface area contributed by atoms with Crippen molar-refractivity contribution < 1.29 is 4.74 Å². The van der Waals surface area contributed by atoms with Crippen LogP contribution in [-0.2, 0) is 4.74 Å². The molecule has 3 heteroatoms. The molecule has 0 fully saturated rings. The molecule has 0 radical (unpaired) electrons. The van der Waals surface area contributed by atoms with Gasteiger partial charge >= 0.3 is 0 Å². The van der Waals surface area contributed by atoms with E-state index in [0.29, 0.717) is 0 Å². The minimum Gasteiger partial charge on any atom is -0.382 e. The number of rotatable bonds is 3. The van der Waals surface area contributed by atoms with Gasteiger partial charge in [0.25, 0.3) is 0 Å². The minimum absolute atomic E-state index is 0.110. The van der Waals surface area contributed by atoms with Crippen LogP contribution in [0.25, 0.3) is 0 Å². The van der Waals surface area contributed by atoms with Gasteiger partial charge in [0.2, 0.25) is 0 Å². The Morgan fingerprint density at radius 3 is 2.30 bits per heavy atom. The summed E-state index contributed by atoms with van der Waals surface area (Å²) in [5.41, 5.74) is 0. The summed E-state index contributed by atoms with van der Waals surface area (Å²) >= 11 is 5.87. The summed E-state index contributed by atoms with van der Waals surface area (Å²) in [6.07, 6.45) is 0. The molecule has 0 heterocycles. The first-order chi connectivity index (χ1) is 4.56. The van der Waals surface area contributed by atoms with Crippen LogP contribution in [0.15, 0.2) is 0 Å². The second kappa shape index (κ2) is 3.80. The van der Waals surface area contributed by atoms with Crippen LogP contribution in [0.1, 0.15) is 13.8 Å². The van der Waals surface area contributed by atoms with Crippen LogP contribution in [-0.4, -0.2) is 18.6 Å². The number of methoxy groups -OCH3 is 1. The van der Waals surface area contributed by atoms with Crippen molar-refractivity contribution in [2.24, 2.45) is 5.92 Å². The van der Waals surface area contributed by atoms with Gasteiger partial charge in [-0.3, -0.25) is 0 Å². The van der Waals surface area contributed by atoms with Gasteiger partial charge in [-0.15, -0.1) is 0 Å². The number of hydrogen-bond acceptors (Lipinski definition) is 2. The lowest BCUT2D eigenvalue weighted by Crippen LogP contribution is -2.31. The Morgan fingerprint density at radius 1 is 1.70 bits per heavy atom. The topological polar surface area (TPSA) is 33.0 Å². The zero-order valence-electron chi connectivity index (χ0n) is 6.52. The van der Waals surface area contributed by atoms with E-state index < -0.39 is 4.87 Å². The number of hydrogen-bond donors (Lipinski definition) is 0. The quantitative estimate of drug-likeness (QED) is 0.592. The lowest BCUT2D eigenvalue weighted by atomic mass is 9.97. The maximum atomic E-state index is 8.62. The molecule has 0 aliphatic carbocycles. The zero-order valence-corrected chi connectivity index (χ0v) is 7.27. The number of halogens is 1. The van der Waals surface area contributed by atoms with Gasteiger partial charge in [-0.25, -0.2) is 0 Å². The highest BCUT2D eigenvalue weighted by atomic mass is 35.5. The fourth-order valence-electron chi connectivity index (χ4n) is 0.538.